The maximum Gasteiger partial charge on any atom is 0.377 e. The Morgan fingerprint density at radius 1 is 1.38 bits per heavy atom. The Balaban J connectivity index is 2.50. The van der Waals surface area contributed by atoms with Crippen molar-refractivity contribution in [1.29, 1.82) is 0 Å². The van der Waals surface area contributed by atoms with Gasteiger partial charge in [-0.3, -0.25) is 9.69 Å². The van der Waals surface area contributed by atoms with Gasteiger partial charge in [0.15, 0.2) is 0 Å². The van der Waals surface area contributed by atoms with Crippen molar-refractivity contribution in [1.82, 2.24) is 4.90 Å². The minimum absolute atomic E-state index is 0.663. The van der Waals surface area contributed by atoms with E-state index in [1.54, 1.807) is 4.90 Å². The zero-order valence-electron chi connectivity index (χ0n) is 7.66. The number of likely N-dealkylation sites (tertiary alicyclic amines) is 1. The Morgan fingerprint density at radius 3 is 2.38 bits per heavy atom. The highest BCUT2D eigenvalue weighted by molar-refractivity contribution is 6.35. The molecule has 5 nitrogen and oxygen atoms in total. The van der Waals surface area contributed by atoms with Crippen LogP contribution in [0.15, 0.2) is 0 Å². The van der Waals surface area contributed by atoms with Crippen molar-refractivity contribution in [3.8, 4) is 0 Å². The molecule has 5 heteroatoms. The molecule has 0 aromatic heterocycles. The van der Waals surface area contributed by atoms with E-state index in [0.717, 1.165) is 25.9 Å². The molecule has 0 radical (unpaired) electrons. The molecule has 2 N–H and O–H groups in total. The monoisotopic (exact) mass is 186 g/mol. The van der Waals surface area contributed by atoms with Crippen molar-refractivity contribution >= 4 is 11.8 Å². The topological polar surface area (TPSA) is 72.6 Å². The molecular formula is C8H14N2O3. The molecule has 1 heterocycles. The third kappa shape index (κ3) is 2.26. The van der Waals surface area contributed by atoms with Crippen LogP contribution in [0.4, 0.5) is 0 Å². The van der Waals surface area contributed by atoms with E-state index in [9.17, 15) is 9.59 Å². The van der Waals surface area contributed by atoms with Crippen LogP contribution >= 0.6 is 0 Å². The fraction of sp³-hybridized carbons (Fsp3) is 0.750. The van der Waals surface area contributed by atoms with Gasteiger partial charge in [0, 0.05) is 13.1 Å². The second kappa shape index (κ2) is 4.34. The smallest absolute Gasteiger partial charge is 0.377 e. The van der Waals surface area contributed by atoms with E-state index in [1.807, 2.05) is 0 Å². The normalized spacial score (nSPS) is 19.8. The number of hydrogen-bond acceptors (Lipinski definition) is 5. The fourth-order valence-corrected chi connectivity index (χ4v) is 1.41. The standard InChI is InChI=1S/C8H14N2O3/c1-13-8(12)6(11)7(9)10-4-2-3-5-10/h7H,2-5,9H2,1H3/t7-/m0/s1. The Bertz CT molecular complexity index is 211. The summed E-state index contributed by atoms with van der Waals surface area (Å²) < 4.78 is 4.30. The average molecular weight is 186 g/mol. The van der Waals surface area contributed by atoms with E-state index >= 15 is 0 Å². The zero-order valence-corrected chi connectivity index (χ0v) is 7.66. The fourth-order valence-electron chi connectivity index (χ4n) is 1.41. The number of esters is 1. The van der Waals surface area contributed by atoms with Gasteiger partial charge < -0.3 is 10.5 Å². The van der Waals surface area contributed by atoms with Crippen molar-refractivity contribution in [2.45, 2.75) is 19.0 Å². The van der Waals surface area contributed by atoms with Gasteiger partial charge in [-0.25, -0.2) is 4.79 Å². The third-order valence-corrected chi connectivity index (χ3v) is 2.19. The second-order valence-corrected chi connectivity index (χ2v) is 3.04. The molecule has 13 heavy (non-hydrogen) atoms. The number of ketones is 1. The van der Waals surface area contributed by atoms with Crippen molar-refractivity contribution in [2.24, 2.45) is 5.73 Å². The molecule has 1 fully saturated rings. The quantitative estimate of drug-likeness (QED) is 0.457. The number of methoxy groups -OCH3 is 1. The van der Waals surface area contributed by atoms with Crippen LogP contribution in [-0.4, -0.2) is 43.0 Å². The number of Topliss-reactive ketones (excluding diaryl/α,β-unsaturated/α-hetero) is 1. The number of ether oxygens (including phenoxy) is 1. The van der Waals surface area contributed by atoms with Gasteiger partial charge in [-0.15, -0.1) is 0 Å². The van der Waals surface area contributed by atoms with Gasteiger partial charge in [0.05, 0.1) is 7.11 Å². The van der Waals surface area contributed by atoms with Crippen molar-refractivity contribution in [2.75, 3.05) is 20.2 Å². The van der Waals surface area contributed by atoms with Crippen molar-refractivity contribution in [3.63, 3.8) is 0 Å². The summed E-state index contributed by atoms with van der Waals surface area (Å²) >= 11 is 0. The molecule has 74 valence electrons. The lowest BCUT2D eigenvalue weighted by Gasteiger charge is -2.20. The summed E-state index contributed by atoms with van der Waals surface area (Å²) in [6, 6.07) is 0. The third-order valence-electron chi connectivity index (χ3n) is 2.19. The first-order chi connectivity index (χ1) is 6.16. The van der Waals surface area contributed by atoms with Gasteiger partial charge in [0.2, 0.25) is 0 Å². The summed E-state index contributed by atoms with van der Waals surface area (Å²) in [6.45, 7) is 1.56. The summed E-state index contributed by atoms with van der Waals surface area (Å²) in [7, 11) is 1.18. The van der Waals surface area contributed by atoms with Gasteiger partial charge in [-0.05, 0) is 12.8 Å². The Hall–Kier alpha value is -0.940. The Morgan fingerprint density at radius 2 is 1.92 bits per heavy atom. The van der Waals surface area contributed by atoms with E-state index < -0.39 is 17.9 Å². The summed E-state index contributed by atoms with van der Waals surface area (Å²) in [5.41, 5.74) is 5.57. The molecule has 1 atom stereocenters. The van der Waals surface area contributed by atoms with Crippen molar-refractivity contribution in [3.05, 3.63) is 0 Å². The Labute approximate surface area is 76.8 Å². The van der Waals surface area contributed by atoms with Crippen LogP contribution in [0.25, 0.3) is 0 Å². The maximum atomic E-state index is 11.2. The number of nitrogens with two attached hydrogens (primary N) is 1. The molecule has 0 saturated carbocycles. The molecule has 1 saturated heterocycles. The number of carbonyl (C=O) groups excluding carboxylic acids is 2. The lowest BCUT2D eigenvalue weighted by atomic mass is 10.3. The molecule has 1 aliphatic rings. The van der Waals surface area contributed by atoms with E-state index in [0.29, 0.717) is 0 Å². The molecule has 0 unspecified atom stereocenters. The van der Waals surface area contributed by atoms with Crippen LogP contribution < -0.4 is 5.73 Å². The largest absolute Gasteiger partial charge is 0.463 e. The van der Waals surface area contributed by atoms with Crippen LogP contribution in [0.5, 0.6) is 0 Å². The molecule has 0 amide bonds. The summed E-state index contributed by atoms with van der Waals surface area (Å²) in [5, 5.41) is 0. The van der Waals surface area contributed by atoms with Gasteiger partial charge in [-0.1, -0.05) is 0 Å². The summed E-state index contributed by atoms with van der Waals surface area (Å²) in [5.74, 6) is -1.52. The van der Waals surface area contributed by atoms with E-state index in [1.165, 1.54) is 7.11 Å². The first-order valence-corrected chi connectivity index (χ1v) is 4.28. The predicted octanol–water partition coefficient (Wildman–Crippen LogP) is -0.891. The lowest BCUT2D eigenvalue weighted by molar-refractivity contribution is -0.153. The molecule has 1 aliphatic heterocycles. The highest BCUT2D eigenvalue weighted by Crippen LogP contribution is 2.09. The second-order valence-electron chi connectivity index (χ2n) is 3.04. The van der Waals surface area contributed by atoms with E-state index in [-0.39, 0.29) is 0 Å². The Kier molecular flexibility index (Phi) is 3.39. The summed E-state index contributed by atoms with van der Waals surface area (Å²) in [4.78, 5) is 23.8. The minimum atomic E-state index is -0.862. The number of nitrogens with zero attached hydrogens (tertiary/aromatic N) is 1. The van der Waals surface area contributed by atoms with Crippen LogP contribution in [0.3, 0.4) is 0 Å². The maximum absolute atomic E-state index is 11.2. The van der Waals surface area contributed by atoms with Crippen LogP contribution in [-0.2, 0) is 14.3 Å². The first kappa shape index (κ1) is 10.1. The van der Waals surface area contributed by atoms with Crippen LogP contribution in [0.1, 0.15) is 12.8 Å². The number of rotatable bonds is 3. The van der Waals surface area contributed by atoms with Gasteiger partial charge in [0.1, 0.15) is 6.17 Å². The molecular weight excluding hydrogens is 172 g/mol. The van der Waals surface area contributed by atoms with E-state index in [2.05, 4.69) is 4.74 Å². The number of hydrogen-bond donors (Lipinski definition) is 1. The summed E-state index contributed by atoms with van der Waals surface area (Å²) in [6.07, 6.45) is 1.24. The first-order valence-electron chi connectivity index (χ1n) is 4.28. The molecule has 0 bridgehead atoms. The highest BCUT2D eigenvalue weighted by atomic mass is 16.5. The highest BCUT2D eigenvalue weighted by Gasteiger charge is 2.29. The van der Waals surface area contributed by atoms with Crippen LogP contribution in [0.2, 0.25) is 0 Å². The average Bonchev–Trinajstić information content (AvgIpc) is 2.67. The molecule has 0 aliphatic carbocycles. The van der Waals surface area contributed by atoms with Crippen molar-refractivity contribution < 1.29 is 14.3 Å². The lowest BCUT2D eigenvalue weighted by Crippen LogP contribution is -2.49. The van der Waals surface area contributed by atoms with Crippen LogP contribution in [0, 0.1) is 0 Å². The van der Waals surface area contributed by atoms with Gasteiger partial charge in [-0.2, -0.15) is 0 Å². The number of carbonyl (C=O) groups is 2. The molecule has 0 aromatic rings. The molecule has 0 spiro atoms. The zero-order chi connectivity index (χ0) is 9.84. The SMILES string of the molecule is COC(=O)C(=O)[C@@H](N)N1CCCC1. The van der Waals surface area contributed by atoms with Gasteiger partial charge >= 0.3 is 5.97 Å². The molecule has 0 aromatic carbocycles. The minimum Gasteiger partial charge on any atom is -0.463 e. The van der Waals surface area contributed by atoms with E-state index in [4.69, 9.17) is 5.73 Å². The van der Waals surface area contributed by atoms with Gasteiger partial charge in [0.25, 0.3) is 5.78 Å². The predicted molar refractivity (Wildman–Crippen MR) is 45.8 cm³/mol. The molecule has 1 rings (SSSR count).